The summed E-state index contributed by atoms with van der Waals surface area (Å²) in [6, 6.07) is 0. The van der Waals surface area contributed by atoms with E-state index in [0.29, 0.717) is 11.3 Å². The van der Waals surface area contributed by atoms with Crippen LogP contribution in [-0.4, -0.2) is 48.8 Å². The van der Waals surface area contributed by atoms with Crippen molar-refractivity contribution in [2.45, 2.75) is 59.5 Å². The molecule has 1 aliphatic rings. The van der Waals surface area contributed by atoms with E-state index in [4.69, 9.17) is 0 Å². The first-order valence-corrected chi connectivity index (χ1v) is 8.12. The summed E-state index contributed by atoms with van der Waals surface area (Å²) in [6.45, 7) is 14.6. The van der Waals surface area contributed by atoms with Gasteiger partial charge in [0.2, 0.25) is 0 Å². The topological polar surface area (TPSA) is 35.5 Å². The summed E-state index contributed by atoms with van der Waals surface area (Å²) >= 11 is 0. The van der Waals surface area contributed by atoms with E-state index in [2.05, 4.69) is 31.0 Å². The van der Waals surface area contributed by atoms with Gasteiger partial charge in [-0.25, -0.2) is 0 Å². The molecule has 114 valence electrons. The molecule has 0 spiro atoms. The van der Waals surface area contributed by atoms with Gasteiger partial charge in [-0.05, 0) is 63.6 Å². The molecule has 0 radical (unpaired) electrons. The molecule has 1 aliphatic heterocycles. The lowest BCUT2D eigenvalue weighted by molar-refractivity contribution is 0.0545. The summed E-state index contributed by atoms with van der Waals surface area (Å²) < 4.78 is 0. The van der Waals surface area contributed by atoms with Crippen LogP contribution in [-0.2, 0) is 0 Å². The molecule has 1 heterocycles. The maximum atomic E-state index is 9.66. The van der Waals surface area contributed by atoms with Crippen molar-refractivity contribution in [2.24, 2.45) is 11.3 Å². The average molecular weight is 270 g/mol. The van der Waals surface area contributed by atoms with Gasteiger partial charge < -0.3 is 15.3 Å². The Balaban J connectivity index is 2.35. The van der Waals surface area contributed by atoms with E-state index in [0.717, 1.165) is 39.0 Å². The second-order valence-corrected chi connectivity index (χ2v) is 6.70. The highest BCUT2D eigenvalue weighted by Gasteiger charge is 2.28. The molecule has 0 aromatic carbocycles. The number of nitrogens with zero attached hydrogens (tertiary/aromatic N) is 1. The van der Waals surface area contributed by atoms with Gasteiger partial charge in [-0.2, -0.15) is 0 Å². The molecule has 3 nitrogen and oxygen atoms in total. The number of rotatable bonds is 8. The van der Waals surface area contributed by atoms with E-state index >= 15 is 0 Å². The average Bonchev–Trinajstić information content (AvgIpc) is 2.39. The second-order valence-electron chi connectivity index (χ2n) is 6.70. The molecule has 0 aromatic heterocycles. The minimum Gasteiger partial charge on any atom is -0.393 e. The number of aliphatic hydroxyl groups excluding tert-OH is 1. The van der Waals surface area contributed by atoms with Gasteiger partial charge in [0.25, 0.3) is 0 Å². The first-order valence-electron chi connectivity index (χ1n) is 8.12. The van der Waals surface area contributed by atoms with Gasteiger partial charge >= 0.3 is 0 Å². The first kappa shape index (κ1) is 16.9. The third-order valence-electron chi connectivity index (χ3n) is 4.75. The predicted molar refractivity (Wildman–Crippen MR) is 82.4 cm³/mol. The Bertz CT molecular complexity index is 237. The smallest absolute Gasteiger partial charge is 0.0541 e. The van der Waals surface area contributed by atoms with Crippen molar-refractivity contribution in [2.75, 3.05) is 32.7 Å². The van der Waals surface area contributed by atoms with Crippen LogP contribution in [0.4, 0.5) is 0 Å². The van der Waals surface area contributed by atoms with E-state index in [9.17, 15) is 5.11 Å². The Morgan fingerprint density at radius 3 is 2.42 bits per heavy atom. The molecule has 2 unspecified atom stereocenters. The molecule has 1 saturated heterocycles. The maximum absolute atomic E-state index is 9.66. The normalized spacial score (nSPS) is 23.2. The van der Waals surface area contributed by atoms with Crippen molar-refractivity contribution < 1.29 is 5.11 Å². The summed E-state index contributed by atoms with van der Waals surface area (Å²) in [4.78, 5) is 2.59. The molecular weight excluding hydrogens is 236 g/mol. The van der Waals surface area contributed by atoms with Crippen molar-refractivity contribution in [1.29, 1.82) is 0 Å². The van der Waals surface area contributed by atoms with Gasteiger partial charge in [-0.3, -0.25) is 0 Å². The molecule has 0 aromatic rings. The standard InChI is InChI=1S/C16H34N2O/c1-5-9-17-12-16(4,6-2)13-18-10-7-15(8-11-18)14(3)19/h14-15,17,19H,5-13H2,1-4H3. The third-order valence-corrected chi connectivity index (χ3v) is 4.75. The van der Waals surface area contributed by atoms with E-state index in [1.165, 1.54) is 19.4 Å². The van der Waals surface area contributed by atoms with Crippen molar-refractivity contribution in [3.05, 3.63) is 0 Å². The zero-order chi connectivity index (χ0) is 14.3. The SMILES string of the molecule is CCCNCC(C)(CC)CN1CCC(C(C)O)CC1. The maximum Gasteiger partial charge on any atom is 0.0541 e. The minimum atomic E-state index is -0.133. The van der Waals surface area contributed by atoms with Crippen LogP contribution in [0.5, 0.6) is 0 Å². The first-order chi connectivity index (χ1) is 9.00. The highest BCUT2D eigenvalue weighted by Crippen LogP contribution is 2.26. The highest BCUT2D eigenvalue weighted by atomic mass is 16.3. The summed E-state index contributed by atoms with van der Waals surface area (Å²) in [5, 5.41) is 13.2. The fourth-order valence-corrected chi connectivity index (χ4v) is 2.99. The molecule has 0 amide bonds. The lowest BCUT2D eigenvalue weighted by atomic mass is 9.85. The monoisotopic (exact) mass is 270 g/mol. The zero-order valence-electron chi connectivity index (χ0n) is 13.4. The largest absolute Gasteiger partial charge is 0.393 e. The van der Waals surface area contributed by atoms with Gasteiger partial charge in [0.05, 0.1) is 6.10 Å². The van der Waals surface area contributed by atoms with Crippen molar-refractivity contribution in [1.82, 2.24) is 10.2 Å². The van der Waals surface area contributed by atoms with Crippen LogP contribution in [0, 0.1) is 11.3 Å². The molecule has 0 saturated carbocycles. The number of hydrogen-bond donors (Lipinski definition) is 2. The molecular formula is C16H34N2O. The predicted octanol–water partition coefficient (Wildman–Crippen LogP) is 2.50. The molecule has 2 N–H and O–H groups in total. The van der Waals surface area contributed by atoms with Crippen LogP contribution in [0.1, 0.15) is 53.4 Å². The van der Waals surface area contributed by atoms with Crippen LogP contribution >= 0.6 is 0 Å². The van der Waals surface area contributed by atoms with E-state index in [1.54, 1.807) is 0 Å². The molecule has 2 atom stereocenters. The summed E-state index contributed by atoms with van der Waals surface area (Å²) in [5.41, 5.74) is 0.382. The van der Waals surface area contributed by atoms with E-state index in [1.807, 2.05) is 6.92 Å². The lowest BCUT2D eigenvalue weighted by Crippen LogP contribution is -2.46. The quantitative estimate of drug-likeness (QED) is 0.665. The number of aliphatic hydroxyl groups is 1. The number of hydrogen-bond acceptors (Lipinski definition) is 3. The fourth-order valence-electron chi connectivity index (χ4n) is 2.99. The third kappa shape index (κ3) is 5.80. The Labute approximate surface area is 119 Å². The Morgan fingerprint density at radius 2 is 1.95 bits per heavy atom. The molecule has 0 aliphatic carbocycles. The van der Waals surface area contributed by atoms with Crippen molar-refractivity contribution in [3.8, 4) is 0 Å². The van der Waals surface area contributed by atoms with Gasteiger partial charge in [0, 0.05) is 13.1 Å². The van der Waals surface area contributed by atoms with Gasteiger partial charge in [-0.1, -0.05) is 20.8 Å². The molecule has 1 rings (SSSR count). The second kappa shape index (κ2) is 8.23. The van der Waals surface area contributed by atoms with Crippen molar-refractivity contribution >= 4 is 0 Å². The number of nitrogens with one attached hydrogen (secondary N) is 1. The molecule has 19 heavy (non-hydrogen) atoms. The van der Waals surface area contributed by atoms with Crippen LogP contribution in [0.3, 0.4) is 0 Å². The lowest BCUT2D eigenvalue weighted by Gasteiger charge is -2.39. The van der Waals surface area contributed by atoms with Gasteiger partial charge in [-0.15, -0.1) is 0 Å². The Morgan fingerprint density at radius 1 is 1.32 bits per heavy atom. The van der Waals surface area contributed by atoms with Crippen LogP contribution < -0.4 is 5.32 Å². The van der Waals surface area contributed by atoms with Gasteiger partial charge in [0.15, 0.2) is 0 Å². The molecule has 0 bridgehead atoms. The van der Waals surface area contributed by atoms with Crippen molar-refractivity contribution in [3.63, 3.8) is 0 Å². The number of likely N-dealkylation sites (tertiary alicyclic amines) is 1. The minimum absolute atomic E-state index is 0.133. The number of piperidine rings is 1. The zero-order valence-corrected chi connectivity index (χ0v) is 13.4. The molecule has 3 heteroatoms. The Hall–Kier alpha value is -0.120. The Kier molecular flexibility index (Phi) is 7.33. The van der Waals surface area contributed by atoms with Crippen LogP contribution in [0.25, 0.3) is 0 Å². The summed E-state index contributed by atoms with van der Waals surface area (Å²) in [6.07, 6.45) is 4.60. The summed E-state index contributed by atoms with van der Waals surface area (Å²) in [7, 11) is 0. The van der Waals surface area contributed by atoms with Gasteiger partial charge in [0.1, 0.15) is 0 Å². The highest BCUT2D eigenvalue weighted by molar-refractivity contribution is 4.83. The summed E-state index contributed by atoms with van der Waals surface area (Å²) in [5.74, 6) is 0.516. The van der Waals surface area contributed by atoms with Crippen LogP contribution in [0.15, 0.2) is 0 Å². The molecule has 1 fully saturated rings. The van der Waals surface area contributed by atoms with E-state index < -0.39 is 0 Å². The fraction of sp³-hybridized carbons (Fsp3) is 1.00. The van der Waals surface area contributed by atoms with E-state index in [-0.39, 0.29) is 6.10 Å². The van der Waals surface area contributed by atoms with Crippen LogP contribution in [0.2, 0.25) is 0 Å².